The normalized spacial score (nSPS) is 10.6. The molecule has 0 bridgehead atoms. The van der Waals surface area contributed by atoms with Crippen LogP contribution in [0.2, 0.25) is 0 Å². The molecule has 0 aliphatic heterocycles. The Kier molecular flexibility index (Phi) is 6.75. The molecule has 0 radical (unpaired) electrons. The molecule has 4 N–H and O–H groups in total. The highest BCUT2D eigenvalue weighted by Crippen LogP contribution is 2.17. The highest BCUT2D eigenvalue weighted by Gasteiger charge is 2.20. The summed E-state index contributed by atoms with van der Waals surface area (Å²) in [5.74, 6) is -1.05. The van der Waals surface area contributed by atoms with Crippen molar-refractivity contribution in [2.24, 2.45) is 0 Å². The van der Waals surface area contributed by atoms with E-state index in [1.807, 2.05) is 6.92 Å². The fraction of sp³-hybridized carbons (Fsp3) is 0.389. The van der Waals surface area contributed by atoms with Crippen LogP contribution in [0, 0.1) is 5.82 Å². The molecule has 1 aromatic heterocycles. The van der Waals surface area contributed by atoms with Gasteiger partial charge in [-0.1, -0.05) is 25.5 Å². The van der Waals surface area contributed by atoms with Gasteiger partial charge in [-0.3, -0.25) is 19.1 Å². The van der Waals surface area contributed by atoms with Crippen molar-refractivity contribution in [1.29, 1.82) is 0 Å². The number of nitrogens with zero attached hydrogens (tertiary/aromatic N) is 2. The summed E-state index contributed by atoms with van der Waals surface area (Å²) >= 11 is 0. The highest BCUT2D eigenvalue weighted by molar-refractivity contribution is 5.94. The molecule has 0 unspecified atom stereocenters. The van der Waals surface area contributed by atoms with Crippen LogP contribution in [0.5, 0.6) is 0 Å². The average molecular weight is 377 g/mol. The molecule has 0 saturated carbocycles. The minimum absolute atomic E-state index is 0.0118. The second-order valence-electron chi connectivity index (χ2n) is 6.04. The Balaban J connectivity index is 2.29. The Bertz CT molecular complexity index is 922. The predicted octanol–water partition coefficient (Wildman–Crippen LogP) is 1.52. The third-order valence-corrected chi connectivity index (χ3v) is 4.13. The number of hydrogen-bond acceptors (Lipinski definition) is 5. The number of carbonyl (C=O) groups is 1. The maximum Gasteiger partial charge on any atom is 0.330 e. The molecule has 146 valence electrons. The Labute approximate surface area is 155 Å². The van der Waals surface area contributed by atoms with Gasteiger partial charge in [-0.25, -0.2) is 9.18 Å². The lowest BCUT2D eigenvalue weighted by Crippen LogP contribution is -2.41. The smallest absolute Gasteiger partial charge is 0.330 e. The lowest BCUT2D eigenvalue weighted by molar-refractivity contribution is -0.115. The maximum atomic E-state index is 13.7. The Hall–Kier alpha value is -3.10. The number of likely N-dealkylation sites (N-methyl/N-ethyl adjacent to an activating group) is 1. The number of aromatic amines is 1. The van der Waals surface area contributed by atoms with Gasteiger partial charge in [-0.2, -0.15) is 0 Å². The van der Waals surface area contributed by atoms with E-state index in [0.717, 1.165) is 12.8 Å². The molecule has 0 atom stereocenters. The summed E-state index contributed by atoms with van der Waals surface area (Å²) in [7, 11) is 0. The van der Waals surface area contributed by atoms with Crippen LogP contribution in [0.15, 0.2) is 33.9 Å². The number of halogens is 1. The third kappa shape index (κ3) is 4.75. The van der Waals surface area contributed by atoms with Crippen molar-refractivity contribution in [2.45, 2.75) is 33.2 Å². The van der Waals surface area contributed by atoms with Gasteiger partial charge in [0.15, 0.2) is 0 Å². The van der Waals surface area contributed by atoms with Crippen LogP contribution < -0.4 is 27.2 Å². The van der Waals surface area contributed by atoms with Gasteiger partial charge in [0.2, 0.25) is 5.91 Å². The van der Waals surface area contributed by atoms with Gasteiger partial charge in [0.05, 0.1) is 12.2 Å². The van der Waals surface area contributed by atoms with E-state index in [-0.39, 0.29) is 23.7 Å². The number of benzene rings is 1. The molecule has 0 saturated heterocycles. The molecule has 1 amide bonds. The number of nitrogen functional groups attached to an aromatic ring is 1. The van der Waals surface area contributed by atoms with Crippen molar-refractivity contribution in [3.63, 3.8) is 0 Å². The number of anilines is 3. The largest absolute Gasteiger partial charge is 0.383 e. The number of H-pyrrole nitrogens is 1. The molecule has 27 heavy (non-hydrogen) atoms. The van der Waals surface area contributed by atoms with Crippen molar-refractivity contribution in [1.82, 2.24) is 9.55 Å². The average Bonchev–Trinajstić information content (AvgIpc) is 2.62. The standard InChI is InChI=1S/C18H24FN5O3/c1-3-5-10-24-16(20)15(17(26)22-18(24)27)23(4-2)11-14(25)21-13-9-7-6-8-12(13)19/h6-9H,3-5,10-11,20H2,1-2H3,(H,21,25)(H,22,26,27). The molecule has 1 heterocycles. The number of carbonyl (C=O) groups excluding carboxylic acids is 1. The topological polar surface area (TPSA) is 113 Å². The minimum Gasteiger partial charge on any atom is -0.383 e. The predicted molar refractivity (Wildman–Crippen MR) is 104 cm³/mol. The number of hydrogen-bond donors (Lipinski definition) is 3. The van der Waals surface area contributed by atoms with Crippen LogP contribution >= 0.6 is 0 Å². The maximum absolute atomic E-state index is 13.7. The fourth-order valence-electron chi connectivity index (χ4n) is 2.70. The first-order valence-corrected chi connectivity index (χ1v) is 8.80. The Morgan fingerprint density at radius 2 is 2.00 bits per heavy atom. The molecular formula is C18H24FN5O3. The highest BCUT2D eigenvalue weighted by atomic mass is 19.1. The number of rotatable bonds is 8. The number of unbranched alkanes of at least 4 members (excludes halogenated alkanes) is 1. The number of nitrogens with one attached hydrogen (secondary N) is 2. The monoisotopic (exact) mass is 377 g/mol. The molecule has 2 rings (SSSR count). The van der Waals surface area contributed by atoms with E-state index in [4.69, 9.17) is 5.73 Å². The Morgan fingerprint density at radius 3 is 2.63 bits per heavy atom. The van der Waals surface area contributed by atoms with Crippen molar-refractivity contribution >= 4 is 23.1 Å². The molecule has 0 spiro atoms. The van der Waals surface area contributed by atoms with Gasteiger partial charge in [0.1, 0.15) is 17.3 Å². The van der Waals surface area contributed by atoms with Crippen LogP contribution in [0.1, 0.15) is 26.7 Å². The third-order valence-electron chi connectivity index (χ3n) is 4.13. The van der Waals surface area contributed by atoms with Crippen molar-refractivity contribution in [3.8, 4) is 0 Å². The van der Waals surface area contributed by atoms with Crippen LogP contribution in [0.4, 0.5) is 21.6 Å². The SMILES string of the molecule is CCCCn1c(N)c(N(CC)CC(=O)Nc2ccccc2F)c(=O)[nH]c1=O. The zero-order valence-corrected chi connectivity index (χ0v) is 15.4. The molecule has 2 aromatic rings. The van der Waals surface area contributed by atoms with Gasteiger partial charge >= 0.3 is 5.69 Å². The molecule has 8 nitrogen and oxygen atoms in total. The molecule has 9 heteroatoms. The van der Waals surface area contributed by atoms with Crippen LogP contribution in [-0.4, -0.2) is 28.5 Å². The number of nitrogens with two attached hydrogens (primary N) is 1. The lowest BCUT2D eigenvalue weighted by Gasteiger charge is -2.24. The van der Waals surface area contributed by atoms with E-state index in [1.165, 1.54) is 27.7 Å². The van der Waals surface area contributed by atoms with Gasteiger partial charge in [-0.15, -0.1) is 0 Å². The van der Waals surface area contributed by atoms with Gasteiger partial charge in [0.25, 0.3) is 5.56 Å². The molecule has 0 aliphatic carbocycles. The first-order valence-electron chi connectivity index (χ1n) is 8.80. The summed E-state index contributed by atoms with van der Waals surface area (Å²) in [6, 6.07) is 5.79. The molecule has 0 aliphatic rings. The summed E-state index contributed by atoms with van der Waals surface area (Å²) in [5.41, 5.74) is 4.92. The van der Waals surface area contributed by atoms with Crippen LogP contribution in [-0.2, 0) is 11.3 Å². The first kappa shape index (κ1) is 20.2. The van der Waals surface area contributed by atoms with E-state index in [1.54, 1.807) is 13.0 Å². The summed E-state index contributed by atoms with van der Waals surface area (Å²) in [6.45, 7) is 4.16. The second kappa shape index (κ2) is 9.02. The lowest BCUT2D eigenvalue weighted by atomic mass is 10.3. The van der Waals surface area contributed by atoms with E-state index in [2.05, 4.69) is 10.3 Å². The summed E-state index contributed by atoms with van der Waals surface area (Å²) in [4.78, 5) is 40.3. The van der Waals surface area contributed by atoms with Gasteiger partial charge < -0.3 is 16.0 Å². The van der Waals surface area contributed by atoms with Gasteiger partial charge in [0, 0.05) is 13.1 Å². The molecule has 1 aromatic carbocycles. The fourth-order valence-corrected chi connectivity index (χ4v) is 2.70. The number of para-hydroxylation sites is 1. The quantitative estimate of drug-likeness (QED) is 0.646. The van der Waals surface area contributed by atoms with E-state index >= 15 is 0 Å². The Morgan fingerprint density at radius 1 is 1.30 bits per heavy atom. The number of amides is 1. The van der Waals surface area contributed by atoms with Crippen molar-refractivity contribution < 1.29 is 9.18 Å². The second-order valence-corrected chi connectivity index (χ2v) is 6.04. The molecule has 0 fully saturated rings. The summed E-state index contributed by atoms with van der Waals surface area (Å²) < 4.78 is 15.0. The summed E-state index contributed by atoms with van der Waals surface area (Å²) in [6.07, 6.45) is 1.57. The molecular weight excluding hydrogens is 353 g/mol. The van der Waals surface area contributed by atoms with E-state index < -0.39 is 23.0 Å². The summed E-state index contributed by atoms with van der Waals surface area (Å²) in [5, 5.41) is 2.47. The zero-order valence-electron chi connectivity index (χ0n) is 15.4. The van der Waals surface area contributed by atoms with Crippen LogP contribution in [0.25, 0.3) is 0 Å². The first-order chi connectivity index (χ1) is 12.9. The van der Waals surface area contributed by atoms with Crippen molar-refractivity contribution in [2.75, 3.05) is 29.0 Å². The van der Waals surface area contributed by atoms with E-state index in [9.17, 15) is 18.8 Å². The van der Waals surface area contributed by atoms with E-state index in [0.29, 0.717) is 13.1 Å². The van der Waals surface area contributed by atoms with Crippen molar-refractivity contribution in [3.05, 3.63) is 50.9 Å². The zero-order chi connectivity index (χ0) is 20.0. The minimum atomic E-state index is -0.661. The number of aromatic nitrogens is 2. The van der Waals surface area contributed by atoms with Gasteiger partial charge in [-0.05, 0) is 25.5 Å². The van der Waals surface area contributed by atoms with Crippen LogP contribution in [0.3, 0.4) is 0 Å².